The minimum Gasteiger partial charge on any atom is -0.493 e. The highest BCUT2D eigenvalue weighted by atomic mass is 16.5. The number of fused-ring (bicyclic) bond motifs is 1. The Morgan fingerprint density at radius 1 is 1.02 bits per heavy atom. The lowest BCUT2D eigenvalue weighted by Crippen LogP contribution is -2.41. The van der Waals surface area contributed by atoms with Crippen LogP contribution in [0.1, 0.15) is 42.0 Å². The smallest absolute Gasteiger partial charge is 0.407 e. The van der Waals surface area contributed by atoms with Gasteiger partial charge < -0.3 is 29.5 Å². The van der Waals surface area contributed by atoms with Crippen LogP contribution >= 0.6 is 0 Å². The molecule has 0 spiro atoms. The molecule has 0 saturated carbocycles. The van der Waals surface area contributed by atoms with Crippen molar-refractivity contribution in [1.29, 1.82) is 0 Å². The molecule has 0 unspecified atom stereocenters. The van der Waals surface area contributed by atoms with Gasteiger partial charge in [0, 0.05) is 37.3 Å². The fraction of sp³-hybridized carbons (Fsp3) is 0.394. The number of ether oxygens (including phenoxy) is 3. The van der Waals surface area contributed by atoms with Crippen LogP contribution in [0.3, 0.4) is 0 Å². The quantitative estimate of drug-likeness (QED) is 0.402. The number of methoxy groups -OCH3 is 1. The van der Waals surface area contributed by atoms with E-state index < -0.39 is 17.6 Å². The number of alkyl carbamates (subject to hydrolysis) is 1. The van der Waals surface area contributed by atoms with Crippen molar-refractivity contribution in [3.05, 3.63) is 95.1 Å². The van der Waals surface area contributed by atoms with Crippen molar-refractivity contribution in [3.8, 4) is 11.5 Å². The lowest BCUT2D eigenvalue weighted by atomic mass is 9.72. The molecule has 3 aromatic rings. The first-order chi connectivity index (χ1) is 19.8. The molecule has 0 radical (unpaired) electrons. The summed E-state index contributed by atoms with van der Waals surface area (Å²) in [5.74, 6) is 0.922. The van der Waals surface area contributed by atoms with Gasteiger partial charge in [-0.15, -0.1) is 0 Å². The number of aliphatic hydroxyl groups excluding tert-OH is 1. The first kappa shape index (κ1) is 28.5. The number of hydrogen-bond acceptors (Lipinski definition) is 6. The van der Waals surface area contributed by atoms with Gasteiger partial charge in [-0.3, -0.25) is 4.79 Å². The van der Waals surface area contributed by atoms with Gasteiger partial charge in [0.2, 0.25) is 5.91 Å². The maximum atomic E-state index is 13.1. The van der Waals surface area contributed by atoms with Crippen molar-refractivity contribution in [1.82, 2.24) is 10.2 Å². The number of nitrogens with one attached hydrogen (secondary N) is 1. The van der Waals surface area contributed by atoms with Gasteiger partial charge in [0.05, 0.1) is 13.2 Å². The van der Waals surface area contributed by atoms with Gasteiger partial charge >= 0.3 is 6.09 Å². The van der Waals surface area contributed by atoms with Gasteiger partial charge in [-0.25, -0.2) is 4.79 Å². The third kappa shape index (κ3) is 6.33. The highest BCUT2D eigenvalue weighted by Gasteiger charge is 2.48. The SMILES string of the molecule is COc1ccc([C@@H]2CN(C(=O)CNC(=O)OCc3ccccc3)C[C@@]2(C)[C@@H](C)O)cc1OC1Cc2ccccc2C1. The lowest BCUT2D eigenvalue weighted by Gasteiger charge is -2.34. The first-order valence-electron chi connectivity index (χ1n) is 14.1. The Labute approximate surface area is 241 Å². The Kier molecular flexibility index (Phi) is 8.49. The van der Waals surface area contributed by atoms with E-state index in [4.69, 9.17) is 14.2 Å². The van der Waals surface area contributed by atoms with Gasteiger partial charge in [-0.1, -0.05) is 67.6 Å². The largest absolute Gasteiger partial charge is 0.493 e. The molecule has 41 heavy (non-hydrogen) atoms. The second-order valence-corrected chi connectivity index (χ2v) is 11.3. The minimum absolute atomic E-state index is 0.00840. The van der Waals surface area contributed by atoms with Gasteiger partial charge in [-0.2, -0.15) is 0 Å². The van der Waals surface area contributed by atoms with Crippen LogP contribution in [-0.2, 0) is 29.0 Å². The minimum atomic E-state index is -0.676. The molecule has 1 heterocycles. The summed E-state index contributed by atoms with van der Waals surface area (Å²) in [6.07, 6.45) is 0.351. The van der Waals surface area contributed by atoms with Crippen LogP contribution in [0.2, 0.25) is 0 Å². The summed E-state index contributed by atoms with van der Waals surface area (Å²) < 4.78 is 17.3. The molecule has 0 bridgehead atoms. The van der Waals surface area contributed by atoms with E-state index in [0.29, 0.717) is 24.6 Å². The average molecular weight is 559 g/mol. The molecular formula is C33H38N2O6. The zero-order chi connectivity index (χ0) is 29.0. The van der Waals surface area contributed by atoms with Crippen LogP contribution < -0.4 is 14.8 Å². The third-order valence-electron chi connectivity index (χ3n) is 8.53. The molecule has 8 heteroatoms. The number of nitrogens with zero attached hydrogens (tertiary/aromatic N) is 1. The Bertz CT molecular complexity index is 1350. The van der Waals surface area contributed by atoms with Crippen LogP contribution in [0, 0.1) is 5.41 Å². The highest BCUT2D eigenvalue weighted by Crippen LogP contribution is 2.47. The van der Waals surface area contributed by atoms with Crippen LogP contribution in [-0.4, -0.2) is 61.0 Å². The maximum absolute atomic E-state index is 13.1. The van der Waals surface area contributed by atoms with Crippen LogP contribution in [0.25, 0.3) is 0 Å². The van der Waals surface area contributed by atoms with Crippen LogP contribution in [0.5, 0.6) is 11.5 Å². The van der Waals surface area contributed by atoms with Gasteiger partial charge in [0.25, 0.3) is 0 Å². The summed E-state index contributed by atoms with van der Waals surface area (Å²) in [6.45, 7) is 4.46. The van der Waals surface area contributed by atoms with Crippen molar-refractivity contribution in [3.63, 3.8) is 0 Å². The number of carbonyl (C=O) groups excluding carboxylic acids is 2. The molecule has 1 fully saturated rings. The molecule has 1 aliphatic carbocycles. The van der Waals surface area contributed by atoms with E-state index in [2.05, 4.69) is 29.6 Å². The lowest BCUT2D eigenvalue weighted by molar-refractivity contribution is -0.129. The second-order valence-electron chi connectivity index (χ2n) is 11.3. The molecule has 3 atom stereocenters. The molecular weight excluding hydrogens is 520 g/mol. The average Bonchev–Trinajstić information content (AvgIpc) is 3.56. The van der Waals surface area contributed by atoms with Crippen molar-refractivity contribution in [2.75, 3.05) is 26.7 Å². The molecule has 0 aromatic heterocycles. The van der Waals surface area contributed by atoms with E-state index in [1.807, 2.05) is 55.5 Å². The third-order valence-corrected chi connectivity index (χ3v) is 8.53. The predicted octanol–water partition coefficient (Wildman–Crippen LogP) is 4.48. The maximum Gasteiger partial charge on any atom is 0.407 e. The fourth-order valence-corrected chi connectivity index (χ4v) is 5.93. The van der Waals surface area contributed by atoms with E-state index >= 15 is 0 Å². The zero-order valence-electron chi connectivity index (χ0n) is 23.8. The number of carbonyl (C=O) groups is 2. The summed E-state index contributed by atoms with van der Waals surface area (Å²) in [7, 11) is 1.62. The Morgan fingerprint density at radius 3 is 2.37 bits per heavy atom. The second kappa shape index (κ2) is 12.2. The number of rotatable bonds is 9. The number of aliphatic hydroxyl groups is 1. The van der Waals surface area contributed by atoms with E-state index in [-0.39, 0.29) is 31.1 Å². The molecule has 2 aliphatic rings. The molecule has 5 rings (SSSR count). The molecule has 3 aromatic carbocycles. The van der Waals surface area contributed by atoms with E-state index in [0.717, 1.165) is 24.0 Å². The zero-order valence-corrected chi connectivity index (χ0v) is 23.8. The summed E-state index contributed by atoms with van der Waals surface area (Å²) in [5.41, 5.74) is 3.84. The van der Waals surface area contributed by atoms with Crippen molar-refractivity contribution in [2.45, 2.75) is 51.4 Å². The number of likely N-dealkylation sites (tertiary alicyclic amines) is 1. The molecule has 8 nitrogen and oxygen atoms in total. The number of hydrogen-bond donors (Lipinski definition) is 2. The van der Waals surface area contributed by atoms with Gasteiger partial charge in [-0.05, 0) is 41.3 Å². The molecule has 2 amide bonds. The van der Waals surface area contributed by atoms with Gasteiger partial charge in [0.1, 0.15) is 19.3 Å². The molecule has 216 valence electrons. The van der Waals surface area contributed by atoms with Crippen molar-refractivity contribution in [2.24, 2.45) is 5.41 Å². The summed E-state index contributed by atoms with van der Waals surface area (Å²) in [4.78, 5) is 27.0. The molecule has 2 N–H and O–H groups in total. The fourth-order valence-electron chi connectivity index (χ4n) is 5.93. The monoisotopic (exact) mass is 558 g/mol. The Balaban J connectivity index is 1.25. The number of amides is 2. The van der Waals surface area contributed by atoms with Crippen molar-refractivity contribution < 1.29 is 28.9 Å². The first-order valence-corrected chi connectivity index (χ1v) is 14.1. The van der Waals surface area contributed by atoms with Gasteiger partial charge in [0.15, 0.2) is 11.5 Å². The number of benzene rings is 3. The Hall–Kier alpha value is -4.04. The van der Waals surface area contributed by atoms with Crippen molar-refractivity contribution >= 4 is 12.0 Å². The standard InChI is InChI=1S/C33H38N2O6/c1-22(36)33(2)21-35(31(37)18-34-32(38)40-20-23-9-5-4-6-10-23)19-28(33)26-13-14-29(39-3)30(17-26)41-27-15-24-11-7-8-12-25(24)16-27/h4-14,17,22,27-28,36H,15-16,18-21H2,1-3H3,(H,34,38)/t22-,28+,33+/m1/s1. The molecule has 1 aliphatic heterocycles. The summed E-state index contributed by atoms with van der Waals surface area (Å²) >= 11 is 0. The Morgan fingerprint density at radius 2 is 1.71 bits per heavy atom. The normalized spacial score (nSPS) is 20.8. The van der Waals surface area contributed by atoms with E-state index in [1.54, 1.807) is 18.9 Å². The summed E-state index contributed by atoms with van der Waals surface area (Å²) in [6, 6.07) is 23.6. The van der Waals surface area contributed by atoms with E-state index in [1.165, 1.54) is 11.1 Å². The summed E-state index contributed by atoms with van der Waals surface area (Å²) in [5, 5.41) is 13.4. The van der Waals surface area contributed by atoms with Crippen LogP contribution in [0.4, 0.5) is 4.79 Å². The predicted molar refractivity (Wildman–Crippen MR) is 155 cm³/mol. The van der Waals surface area contributed by atoms with Crippen LogP contribution in [0.15, 0.2) is 72.8 Å². The highest BCUT2D eigenvalue weighted by molar-refractivity contribution is 5.82. The molecule has 1 saturated heterocycles. The van der Waals surface area contributed by atoms with E-state index in [9.17, 15) is 14.7 Å². The topological polar surface area (TPSA) is 97.3 Å².